The normalized spacial score (nSPS) is 25.7. The topological polar surface area (TPSA) is 155 Å². The highest BCUT2D eigenvalue weighted by Crippen LogP contribution is 2.72. The molecule has 2 unspecified atom stereocenters. The van der Waals surface area contributed by atoms with Crippen molar-refractivity contribution in [2.24, 2.45) is 16.2 Å². The number of pyridine rings is 2. The Morgan fingerprint density at radius 1 is 0.875 bits per heavy atom. The van der Waals surface area contributed by atoms with Crippen molar-refractivity contribution < 1.29 is 33.7 Å². The molecule has 2 atom stereocenters. The zero-order valence-corrected chi connectivity index (χ0v) is 34.2. The highest BCUT2D eigenvalue weighted by molar-refractivity contribution is 6.03. The van der Waals surface area contributed by atoms with Gasteiger partial charge in [-0.2, -0.15) is 5.10 Å². The molecule has 4 aliphatic rings. The molecular formula is C44H55N5O7. The van der Waals surface area contributed by atoms with Crippen molar-refractivity contribution in [3.63, 3.8) is 0 Å². The number of carbonyl (C=O) groups is 3. The van der Waals surface area contributed by atoms with Crippen molar-refractivity contribution >= 4 is 28.9 Å². The number of amides is 1. The minimum Gasteiger partial charge on any atom is -0.478 e. The SMILES string of the molecule is Cc1c(-c2ccc(-c3cnc4cccc(C(=O)O)c4c3)nc2C(=O)OC(C)(C)C)cnn1CC12CC3(C)CC(C)(C1)CC(OCCNC(=O)OC(C)(C)C)(C3)C2. The number of carboxylic acids is 1. The van der Waals surface area contributed by atoms with E-state index in [2.05, 4.69) is 28.8 Å². The fourth-order valence-corrected chi connectivity index (χ4v) is 10.9. The highest BCUT2D eigenvalue weighted by atomic mass is 16.6. The molecule has 8 rings (SSSR count). The first-order valence-corrected chi connectivity index (χ1v) is 19.6. The lowest BCUT2D eigenvalue weighted by Crippen LogP contribution is -2.64. The Hall–Kier alpha value is -4.84. The summed E-state index contributed by atoms with van der Waals surface area (Å²) in [5.74, 6) is -1.62. The predicted octanol–water partition coefficient (Wildman–Crippen LogP) is 8.78. The number of carbonyl (C=O) groups excluding carboxylic acids is 2. The maximum Gasteiger partial charge on any atom is 0.407 e. The predicted molar refractivity (Wildman–Crippen MR) is 212 cm³/mol. The van der Waals surface area contributed by atoms with E-state index < -0.39 is 29.2 Å². The molecule has 3 aromatic heterocycles. The van der Waals surface area contributed by atoms with Crippen LogP contribution < -0.4 is 5.32 Å². The smallest absolute Gasteiger partial charge is 0.407 e. The van der Waals surface area contributed by atoms with Crippen LogP contribution in [0.1, 0.15) is 120 Å². The number of nitrogens with one attached hydrogen (secondary N) is 1. The van der Waals surface area contributed by atoms with E-state index in [-0.39, 0.29) is 33.1 Å². The quantitative estimate of drug-likeness (QED) is 0.118. The summed E-state index contributed by atoms with van der Waals surface area (Å²) in [6, 6.07) is 10.4. The molecule has 12 heteroatoms. The average molecular weight is 766 g/mol. The highest BCUT2D eigenvalue weighted by Gasteiger charge is 2.66. The van der Waals surface area contributed by atoms with Gasteiger partial charge in [0.15, 0.2) is 5.69 Å². The standard InChI is InChI=1S/C44H55N5O7/c1-27-32(29-13-14-33(48-35(29)37(52)55-39(2,3)4)28-17-31-30(36(50)51)11-10-12-34(31)46-18-28)19-47-49(27)26-43-21-41(8)20-42(9,22-43)24-44(23-41,25-43)54-16-15-45-38(53)56-40(5,6)7/h10-14,17-19H,15-16,20-26H2,1-9H3,(H,45,53)(H,50,51). The molecule has 298 valence electrons. The van der Waals surface area contributed by atoms with Crippen LogP contribution in [0.15, 0.2) is 48.8 Å². The number of nitrogens with zero attached hydrogens (tertiary/aromatic N) is 4. The third-order valence-electron chi connectivity index (χ3n) is 11.4. The second-order valence-electron chi connectivity index (χ2n) is 19.4. The van der Waals surface area contributed by atoms with Crippen LogP contribution in [0.3, 0.4) is 0 Å². The van der Waals surface area contributed by atoms with E-state index in [1.807, 2.05) is 66.8 Å². The van der Waals surface area contributed by atoms with Crippen LogP contribution in [-0.2, 0) is 20.8 Å². The van der Waals surface area contributed by atoms with Gasteiger partial charge in [-0.25, -0.2) is 19.4 Å². The lowest BCUT2D eigenvalue weighted by atomic mass is 9.39. The fraction of sp³-hybridized carbons (Fsp3) is 0.545. The van der Waals surface area contributed by atoms with Gasteiger partial charge in [0.25, 0.3) is 0 Å². The van der Waals surface area contributed by atoms with Gasteiger partial charge in [-0.05, 0) is 134 Å². The van der Waals surface area contributed by atoms with E-state index >= 15 is 0 Å². The van der Waals surface area contributed by atoms with E-state index in [0.717, 1.165) is 49.8 Å². The van der Waals surface area contributed by atoms with Crippen molar-refractivity contribution in [3.8, 4) is 22.4 Å². The van der Waals surface area contributed by atoms with Crippen LogP contribution in [-0.4, -0.2) is 72.8 Å². The van der Waals surface area contributed by atoms with Crippen LogP contribution in [0, 0.1) is 23.2 Å². The summed E-state index contributed by atoms with van der Waals surface area (Å²) in [6.45, 7) is 19.4. The van der Waals surface area contributed by atoms with E-state index in [4.69, 9.17) is 24.3 Å². The maximum absolute atomic E-state index is 13.9. The fourth-order valence-electron chi connectivity index (χ4n) is 10.9. The molecule has 0 saturated heterocycles. The number of aromatic nitrogens is 4. The molecule has 56 heavy (non-hydrogen) atoms. The van der Waals surface area contributed by atoms with E-state index in [1.54, 1.807) is 30.5 Å². The molecular weight excluding hydrogens is 711 g/mol. The molecule has 0 spiro atoms. The average Bonchev–Trinajstić information content (AvgIpc) is 3.41. The summed E-state index contributed by atoms with van der Waals surface area (Å²) >= 11 is 0. The summed E-state index contributed by atoms with van der Waals surface area (Å²) in [5.41, 5.74) is 2.79. The molecule has 4 bridgehead atoms. The zero-order chi connectivity index (χ0) is 40.5. The molecule has 12 nitrogen and oxygen atoms in total. The molecule has 3 heterocycles. The number of fused-ring (bicyclic) bond motifs is 1. The number of ether oxygens (including phenoxy) is 3. The molecule has 4 saturated carbocycles. The van der Waals surface area contributed by atoms with Crippen molar-refractivity contribution in [1.29, 1.82) is 0 Å². The monoisotopic (exact) mass is 765 g/mol. The van der Waals surface area contributed by atoms with Gasteiger partial charge in [0.05, 0.1) is 35.2 Å². The lowest BCUT2D eigenvalue weighted by Gasteiger charge is -2.69. The summed E-state index contributed by atoms with van der Waals surface area (Å²) in [6.07, 6.45) is 9.23. The second-order valence-corrected chi connectivity index (χ2v) is 19.4. The molecule has 2 N–H and O–H groups in total. The summed E-state index contributed by atoms with van der Waals surface area (Å²) in [7, 11) is 0. The maximum atomic E-state index is 13.9. The van der Waals surface area contributed by atoms with Gasteiger partial charge < -0.3 is 24.6 Å². The Balaban J connectivity index is 1.18. The number of benzene rings is 1. The van der Waals surface area contributed by atoms with Crippen LogP contribution in [0.2, 0.25) is 0 Å². The Kier molecular flexibility index (Phi) is 9.62. The number of aromatic carboxylic acids is 1. The minimum absolute atomic E-state index is 0.0428. The van der Waals surface area contributed by atoms with Crippen molar-refractivity contribution in [2.45, 2.75) is 124 Å². The van der Waals surface area contributed by atoms with Gasteiger partial charge in [-0.15, -0.1) is 0 Å². The Morgan fingerprint density at radius 2 is 1.57 bits per heavy atom. The minimum atomic E-state index is -1.05. The summed E-state index contributed by atoms with van der Waals surface area (Å²) in [4.78, 5) is 47.5. The first-order valence-electron chi connectivity index (χ1n) is 19.6. The van der Waals surface area contributed by atoms with Gasteiger partial charge in [0.2, 0.25) is 0 Å². The van der Waals surface area contributed by atoms with Crippen molar-refractivity contribution in [1.82, 2.24) is 25.1 Å². The Morgan fingerprint density at radius 3 is 2.23 bits per heavy atom. The van der Waals surface area contributed by atoms with Crippen LogP contribution in [0.4, 0.5) is 4.79 Å². The van der Waals surface area contributed by atoms with Gasteiger partial charge in [-0.1, -0.05) is 19.9 Å². The van der Waals surface area contributed by atoms with Crippen LogP contribution >= 0.6 is 0 Å². The largest absolute Gasteiger partial charge is 0.478 e. The Bertz CT molecular complexity index is 2190. The number of hydrogen-bond donors (Lipinski definition) is 2. The Labute approximate surface area is 328 Å². The summed E-state index contributed by atoms with van der Waals surface area (Å²) < 4.78 is 20.2. The number of rotatable bonds is 10. The zero-order valence-electron chi connectivity index (χ0n) is 34.2. The summed E-state index contributed by atoms with van der Waals surface area (Å²) in [5, 5.41) is 18.1. The lowest BCUT2D eigenvalue weighted by molar-refractivity contribution is -0.247. The van der Waals surface area contributed by atoms with Crippen LogP contribution in [0.25, 0.3) is 33.3 Å². The number of hydrogen-bond acceptors (Lipinski definition) is 9. The van der Waals surface area contributed by atoms with Gasteiger partial charge >= 0.3 is 18.0 Å². The van der Waals surface area contributed by atoms with Crippen LogP contribution in [0.5, 0.6) is 0 Å². The van der Waals surface area contributed by atoms with E-state index in [1.165, 1.54) is 0 Å². The van der Waals surface area contributed by atoms with Crippen molar-refractivity contribution in [2.75, 3.05) is 13.2 Å². The second kappa shape index (κ2) is 13.7. The molecule has 1 amide bonds. The molecule has 0 radical (unpaired) electrons. The molecule has 1 aromatic carbocycles. The third kappa shape index (κ3) is 8.03. The van der Waals surface area contributed by atoms with E-state index in [0.29, 0.717) is 47.4 Å². The first kappa shape index (κ1) is 39.4. The number of alkyl carbamates (subject to hydrolysis) is 1. The van der Waals surface area contributed by atoms with Gasteiger partial charge in [0.1, 0.15) is 11.2 Å². The van der Waals surface area contributed by atoms with Gasteiger partial charge in [0, 0.05) is 47.1 Å². The number of esters is 1. The van der Waals surface area contributed by atoms with Crippen molar-refractivity contribution in [3.05, 3.63) is 65.7 Å². The third-order valence-corrected chi connectivity index (χ3v) is 11.4. The molecule has 4 aliphatic carbocycles. The van der Waals surface area contributed by atoms with Gasteiger partial charge in [-0.3, -0.25) is 9.67 Å². The molecule has 0 aliphatic heterocycles. The molecule has 4 fully saturated rings. The molecule has 4 aromatic rings. The first-order chi connectivity index (χ1) is 26.1. The van der Waals surface area contributed by atoms with E-state index in [9.17, 15) is 19.5 Å². The number of carboxylic acid groups (broad SMARTS) is 1.